The van der Waals surface area contributed by atoms with Crippen molar-refractivity contribution in [2.24, 2.45) is 17.6 Å². The summed E-state index contributed by atoms with van der Waals surface area (Å²) in [5, 5.41) is 37.6. The molecule has 1 saturated heterocycles. The summed E-state index contributed by atoms with van der Waals surface area (Å²) < 4.78 is 0. The highest BCUT2D eigenvalue weighted by atomic mass is 32.1. The van der Waals surface area contributed by atoms with Crippen molar-refractivity contribution in [3.05, 3.63) is 81.7 Å². The number of rotatable bonds is 10. The largest absolute Gasteiger partial charge is 0.394 e. The van der Waals surface area contributed by atoms with Gasteiger partial charge in [-0.3, -0.25) is 38.4 Å². The topological polar surface area (TPSA) is 348 Å². The fourth-order valence-corrected chi connectivity index (χ4v) is 14.1. The Morgan fingerprint density at radius 1 is 0.713 bits per heavy atom. The highest BCUT2D eigenvalue weighted by Gasteiger charge is 2.37. The van der Waals surface area contributed by atoms with E-state index in [-0.39, 0.29) is 54.1 Å². The lowest BCUT2D eigenvalue weighted by molar-refractivity contribution is -0.139. The van der Waals surface area contributed by atoms with Crippen LogP contribution in [0.1, 0.15) is 127 Å². The average molecular weight is 1200 g/mol. The second-order valence-corrected chi connectivity index (χ2v) is 24.8. The van der Waals surface area contributed by atoms with Crippen LogP contribution in [0, 0.1) is 18.8 Å². The molecule has 5 atom stereocenters. The van der Waals surface area contributed by atoms with Gasteiger partial charge >= 0.3 is 0 Å². The van der Waals surface area contributed by atoms with Gasteiger partial charge in [0.05, 0.1) is 43.4 Å². The summed E-state index contributed by atoms with van der Waals surface area (Å²) in [6.07, 6.45) is 0.698. The SMILES string of the molecule is CNC(=O)C[C@@H]1NC(=O)c2csc(n2)-c2ccc(-c3nc(C(=O)N[C@@H](CO)C(=O)N4CCC[C@H]4C(N)=O)cs3)nc2-c2csc(n2)-c2csc(n2)[C@H](C(C)C)NC(=O)CNC(=O)c2csc(n2)[C@H](C(C)C)NC(=O)c2nc1sc2C. The first kappa shape index (κ1) is 57.3. The molecule has 80 heavy (non-hydrogen) atoms. The molecule has 0 radical (unpaired) electrons. The summed E-state index contributed by atoms with van der Waals surface area (Å²) in [5.74, 6) is -4.97. The van der Waals surface area contributed by atoms with E-state index in [2.05, 4.69) is 46.9 Å². The number of pyridine rings is 1. The number of fused-ring (bicyclic) bond motifs is 14. The van der Waals surface area contributed by atoms with Crippen molar-refractivity contribution in [3.8, 4) is 43.4 Å². The minimum absolute atomic E-state index is 0.0132. The van der Waals surface area contributed by atoms with Crippen LogP contribution in [0.15, 0.2) is 39.0 Å². The Kier molecular flexibility index (Phi) is 17.6. The van der Waals surface area contributed by atoms with Crippen molar-refractivity contribution in [1.82, 2.24) is 71.7 Å². The van der Waals surface area contributed by atoms with E-state index >= 15 is 0 Å². The lowest BCUT2D eigenvalue weighted by atomic mass is 10.0. The Morgan fingerprint density at radius 3 is 2.06 bits per heavy atom. The number of hydrogen-bond donors (Lipinski definition) is 8. The number of hydrogen-bond acceptors (Lipinski definition) is 22. The number of aliphatic hydroxyl groups excluding tert-OH is 1. The number of nitrogens with two attached hydrogens (primary N) is 1. The van der Waals surface area contributed by atoms with E-state index in [0.717, 1.165) is 34.0 Å². The molecule has 9 rings (SSSR count). The molecule has 7 aromatic heterocycles. The van der Waals surface area contributed by atoms with Gasteiger partial charge in [-0.15, -0.1) is 68.0 Å². The van der Waals surface area contributed by atoms with E-state index in [1.807, 2.05) is 33.1 Å². The van der Waals surface area contributed by atoms with Gasteiger partial charge in [0.15, 0.2) is 0 Å². The van der Waals surface area contributed by atoms with E-state index < -0.39 is 84.1 Å². The number of carbonyl (C=O) groups is 8. The summed E-state index contributed by atoms with van der Waals surface area (Å²) in [5.41, 5.74) is 7.67. The molecular weight excluding hydrogens is 1150 g/mol. The number of nitrogens with one attached hydrogen (secondary N) is 6. The number of carbonyl (C=O) groups excluding carboxylic acids is 8. The molecule has 0 spiro atoms. The molecule has 0 aromatic carbocycles. The zero-order valence-electron chi connectivity index (χ0n) is 43.6. The van der Waals surface area contributed by atoms with Gasteiger partial charge in [-0.25, -0.2) is 34.9 Å². The lowest BCUT2D eigenvalue weighted by Gasteiger charge is -2.26. The number of aliphatic hydroxyl groups is 1. The molecular formula is C50H53N15O9S6. The van der Waals surface area contributed by atoms with Crippen LogP contribution in [0.4, 0.5) is 0 Å². The highest BCUT2D eigenvalue weighted by Crippen LogP contribution is 2.39. The second kappa shape index (κ2) is 24.6. The van der Waals surface area contributed by atoms with Crippen LogP contribution in [-0.4, -0.2) is 131 Å². The van der Waals surface area contributed by atoms with Crippen molar-refractivity contribution < 1.29 is 43.5 Å². The van der Waals surface area contributed by atoms with Crippen LogP contribution in [0.25, 0.3) is 43.4 Å². The van der Waals surface area contributed by atoms with Crippen LogP contribution >= 0.6 is 68.0 Å². The Hall–Kier alpha value is -7.35. The molecule has 1 fully saturated rings. The van der Waals surface area contributed by atoms with E-state index in [1.165, 1.54) is 51.3 Å². The van der Waals surface area contributed by atoms with Crippen molar-refractivity contribution in [1.29, 1.82) is 0 Å². The first-order chi connectivity index (χ1) is 38.3. The monoisotopic (exact) mass is 1200 g/mol. The zero-order chi connectivity index (χ0) is 57.1. The summed E-state index contributed by atoms with van der Waals surface area (Å²) >= 11 is 7.20. The molecule has 30 heteroatoms. The summed E-state index contributed by atoms with van der Waals surface area (Å²) in [6, 6.07) is -0.959. The Balaban J connectivity index is 1.07. The normalized spacial score (nSPS) is 18.5. The highest BCUT2D eigenvalue weighted by molar-refractivity contribution is 7.15. The van der Waals surface area contributed by atoms with Gasteiger partial charge in [-0.1, -0.05) is 27.7 Å². The first-order valence-electron chi connectivity index (χ1n) is 25.0. The Morgan fingerprint density at radius 2 is 1.35 bits per heavy atom. The summed E-state index contributed by atoms with van der Waals surface area (Å²) in [4.78, 5) is 142. The minimum Gasteiger partial charge on any atom is -0.394 e. The molecule has 9 heterocycles. The van der Waals surface area contributed by atoms with Crippen LogP contribution in [0.3, 0.4) is 0 Å². The fourth-order valence-electron chi connectivity index (χ4n) is 8.66. The van der Waals surface area contributed by atoms with Crippen LogP contribution in [-0.2, 0) is 19.2 Å². The number of nitrogens with zero attached hydrogens (tertiary/aromatic N) is 8. The molecule has 0 aliphatic carbocycles. The number of amides is 8. The average Bonchev–Trinajstić information content (AvgIpc) is 4.31. The Labute approximate surface area is 480 Å². The predicted molar refractivity (Wildman–Crippen MR) is 302 cm³/mol. The van der Waals surface area contributed by atoms with Gasteiger partial charge < -0.3 is 47.6 Å². The van der Waals surface area contributed by atoms with Gasteiger partial charge in [-0.05, 0) is 43.7 Å². The van der Waals surface area contributed by atoms with E-state index in [1.54, 1.807) is 35.2 Å². The van der Waals surface area contributed by atoms with Gasteiger partial charge in [0, 0.05) is 50.9 Å². The maximum atomic E-state index is 14.2. The lowest BCUT2D eigenvalue weighted by Crippen LogP contribution is -2.54. The van der Waals surface area contributed by atoms with Crippen molar-refractivity contribution in [2.75, 3.05) is 26.7 Å². The molecule has 24 nitrogen and oxygen atoms in total. The predicted octanol–water partition coefficient (Wildman–Crippen LogP) is 4.66. The third-order valence-corrected chi connectivity index (χ3v) is 18.4. The number of thiazole rings is 6. The summed E-state index contributed by atoms with van der Waals surface area (Å²) in [7, 11) is 1.46. The molecule has 418 valence electrons. The number of aryl methyl sites for hydroxylation is 1. The van der Waals surface area contributed by atoms with E-state index in [0.29, 0.717) is 76.1 Å². The van der Waals surface area contributed by atoms with Gasteiger partial charge in [0.25, 0.3) is 23.6 Å². The van der Waals surface area contributed by atoms with Crippen molar-refractivity contribution in [2.45, 2.75) is 84.1 Å². The maximum Gasteiger partial charge on any atom is 0.271 e. The van der Waals surface area contributed by atoms with Crippen LogP contribution < -0.4 is 37.6 Å². The minimum atomic E-state index is -1.36. The van der Waals surface area contributed by atoms with Crippen molar-refractivity contribution >= 4 is 115 Å². The van der Waals surface area contributed by atoms with Crippen LogP contribution in [0.5, 0.6) is 0 Å². The van der Waals surface area contributed by atoms with E-state index in [9.17, 15) is 43.5 Å². The van der Waals surface area contributed by atoms with Gasteiger partial charge in [0.1, 0.15) is 82.0 Å². The third-order valence-electron chi connectivity index (χ3n) is 12.9. The van der Waals surface area contributed by atoms with Gasteiger partial charge in [0.2, 0.25) is 23.6 Å². The molecule has 2 aliphatic rings. The second-order valence-electron chi connectivity index (χ2n) is 19.2. The Bertz CT molecular complexity index is 3530. The fraction of sp³-hybridized carbons (Fsp3) is 0.380. The number of primary amides is 1. The molecule has 0 unspecified atom stereocenters. The van der Waals surface area contributed by atoms with Crippen molar-refractivity contribution in [3.63, 3.8) is 0 Å². The third kappa shape index (κ3) is 12.5. The molecule has 8 amide bonds. The maximum absolute atomic E-state index is 14.2. The smallest absolute Gasteiger partial charge is 0.271 e. The summed E-state index contributed by atoms with van der Waals surface area (Å²) in [6.45, 7) is 8.52. The quantitative estimate of drug-likeness (QED) is 0.0923. The zero-order valence-corrected chi connectivity index (χ0v) is 48.5. The van der Waals surface area contributed by atoms with E-state index in [4.69, 9.17) is 25.7 Å². The molecule has 9 N–H and O–H groups in total. The standard InChI is InChI=1S/C50H53N15O9S6/c1-20(2)35-48-61-31(19-79-48)46-57-27(15-76-46)38-23(9-10-24(54-38)45-59-30(18-77-45)42(72)56-26(14-66)50(74)65-11-7-8-32(65)39(51)69)44-58-29(17-75-44)41(71)55-25(12-33(67)52-6)47-64-37(22(5)80-47)43(73)63-36(21(3)4)49-60-28(16-78-49)40(70)53-13-34(68)62-35/h9-10,15-21,25-26,32,35-36,66H,7-8,11-14H2,1-6H3,(H2,51,69)(H,52,67)(H,53,70)(H,55,71)(H,56,72)(H,62,68)(H,63,73)/t25-,26-,32-,35-,36-/m0/s1. The molecule has 2 aliphatic heterocycles. The number of aromatic nitrogens is 7. The van der Waals surface area contributed by atoms with Crippen LogP contribution in [0.2, 0.25) is 0 Å². The molecule has 0 saturated carbocycles. The number of likely N-dealkylation sites (tertiary alicyclic amines) is 1. The first-order valence-corrected chi connectivity index (χ1v) is 30.2. The van der Waals surface area contributed by atoms with Gasteiger partial charge in [-0.2, -0.15) is 0 Å². The molecule has 10 bridgehead atoms. The molecule has 7 aromatic rings.